The quantitative estimate of drug-likeness (QED) is 0.637. The Kier molecular flexibility index (Phi) is 5.74. The molecule has 128 valence electrons. The average molecular weight is 375 g/mol. The number of halogens is 4. The summed E-state index contributed by atoms with van der Waals surface area (Å²) in [6, 6.07) is 5.96. The molecular formula is C16H14Cl2F2N2O2. The fourth-order valence-corrected chi connectivity index (χ4v) is 2.76. The zero-order chi connectivity index (χ0) is 17.9. The van der Waals surface area contributed by atoms with Crippen molar-refractivity contribution in [2.75, 3.05) is 7.11 Å². The first kappa shape index (κ1) is 18.6. The zero-order valence-electron chi connectivity index (χ0n) is 12.9. The fourth-order valence-electron chi connectivity index (χ4n) is 2.26. The lowest BCUT2D eigenvalue weighted by Crippen LogP contribution is -2.47. The number of nitrogens with zero attached hydrogens (tertiary/aromatic N) is 1. The third-order valence-electron chi connectivity index (χ3n) is 3.53. The lowest BCUT2D eigenvalue weighted by Gasteiger charge is -2.29. The van der Waals surface area contributed by atoms with Crippen molar-refractivity contribution in [3.05, 3.63) is 63.4 Å². The number of methoxy groups -OCH3 is 1. The molecule has 1 aromatic heterocycles. The van der Waals surface area contributed by atoms with Gasteiger partial charge in [0.25, 0.3) is 0 Å². The summed E-state index contributed by atoms with van der Waals surface area (Å²) in [6.45, 7) is 1.50. The van der Waals surface area contributed by atoms with E-state index in [0.29, 0.717) is 5.56 Å². The summed E-state index contributed by atoms with van der Waals surface area (Å²) < 4.78 is 32.4. The van der Waals surface area contributed by atoms with Crippen molar-refractivity contribution < 1.29 is 18.3 Å². The first-order chi connectivity index (χ1) is 11.3. The molecule has 2 aromatic rings. The van der Waals surface area contributed by atoms with Crippen LogP contribution in [-0.2, 0) is 21.6 Å². The SMILES string of the molecule is COC(=O)C(C)(NCc1cc(Cl)nc(Cl)c1)c1cc(F)ccc1F. The van der Waals surface area contributed by atoms with Crippen LogP contribution in [0.2, 0.25) is 10.3 Å². The first-order valence-corrected chi connectivity index (χ1v) is 7.63. The molecule has 0 radical (unpaired) electrons. The van der Waals surface area contributed by atoms with Crippen molar-refractivity contribution in [1.29, 1.82) is 0 Å². The Balaban J connectivity index is 2.38. The fraction of sp³-hybridized carbons (Fsp3) is 0.250. The highest BCUT2D eigenvalue weighted by Gasteiger charge is 2.38. The topological polar surface area (TPSA) is 51.2 Å². The predicted molar refractivity (Wildman–Crippen MR) is 86.8 cm³/mol. The van der Waals surface area contributed by atoms with Gasteiger partial charge in [-0.25, -0.2) is 18.6 Å². The maximum absolute atomic E-state index is 14.1. The highest BCUT2D eigenvalue weighted by molar-refractivity contribution is 6.32. The van der Waals surface area contributed by atoms with Gasteiger partial charge in [0.2, 0.25) is 0 Å². The standard InChI is InChI=1S/C16H14Cl2F2N2O2/c1-16(15(23)24-2,11-7-10(19)3-4-12(11)20)21-8-9-5-13(17)22-14(18)6-9/h3-7,21H,8H2,1-2H3. The molecule has 24 heavy (non-hydrogen) atoms. The van der Waals surface area contributed by atoms with E-state index in [-0.39, 0.29) is 22.4 Å². The van der Waals surface area contributed by atoms with Crippen LogP contribution in [0, 0.1) is 11.6 Å². The molecule has 0 bridgehead atoms. The Bertz CT molecular complexity index is 753. The van der Waals surface area contributed by atoms with Gasteiger partial charge in [-0.1, -0.05) is 23.2 Å². The molecule has 8 heteroatoms. The van der Waals surface area contributed by atoms with Gasteiger partial charge in [-0.2, -0.15) is 0 Å². The van der Waals surface area contributed by atoms with Crippen LogP contribution in [0.5, 0.6) is 0 Å². The molecule has 1 N–H and O–H groups in total. The van der Waals surface area contributed by atoms with Crippen molar-refractivity contribution >= 4 is 29.2 Å². The summed E-state index contributed by atoms with van der Waals surface area (Å²) in [4.78, 5) is 16.0. The molecule has 0 saturated carbocycles. The van der Waals surface area contributed by atoms with E-state index in [0.717, 1.165) is 18.2 Å². The summed E-state index contributed by atoms with van der Waals surface area (Å²) in [5.41, 5.74) is -1.16. The van der Waals surface area contributed by atoms with Crippen molar-refractivity contribution in [2.24, 2.45) is 0 Å². The molecule has 1 aromatic carbocycles. The van der Waals surface area contributed by atoms with Crippen LogP contribution in [-0.4, -0.2) is 18.1 Å². The third kappa shape index (κ3) is 4.01. The summed E-state index contributed by atoms with van der Waals surface area (Å²) >= 11 is 11.7. The molecule has 0 spiro atoms. The van der Waals surface area contributed by atoms with Crippen LogP contribution < -0.4 is 5.32 Å². The second-order valence-electron chi connectivity index (χ2n) is 5.22. The summed E-state index contributed by atoms with van der Waals surface area (Å²) in [6.07, 6.45) is 0. The maximum Gasteiger partial charge on any atom is 0.330 e. The van der Waals surface area contributed by atoms with E-state index in [1.54, 1.807) is 12.1 Å². The molecule has 1 unspecified atom stereocenters. The Morgan fingerprint density at radius 1 is 1.25 bits per heavy atom. The zero-order valence-corrected chi connectivity index (χ0v) is 14.4. The summed E-state index contributed by atoms with van der Waals surface area (Å²) in [7, 11) is 1.17. The first-order valence-electron chi connectivity index (χ1n) is 6.87. The molecule has 0 aliphatic carbocycles. The van der Waals surface area contributed by atoms with Crippen LogP contribution in [0.3, 0.4) is 0 Å². The minimum atomic E-state index is -1.61. The molecular weight excluding hydrogens is 361 g/mol. The van der Waals surface area contributed by atoms with E-state index in [1.807, 2.05) is 0 Å². The Hall–Kier alpha value is -1.76. The monoisotopic (exact) mass is 374 g/mol. The molecule has 0 amide bonds. The largest absolute Gasteiger partial charge is 0.467 e. The minimum absolute atomic E-state index is 0.101. The lowest BCUT2D eigenvalue weighted by atomic mass is 9.91. The Morgan fingerprint density at radius 3 is 2.46 bits per heavy atom. The van der Waals surface area contributed by atoms with Gasteiger partial charge in [0.1, 0.15) is 27.5 Å². The van der Waals surface area contributed by atoms with E-state index in [2.05, 4.69) is 10.3 Å². The molecule has 1 atom stereocenters. The molecule has 0 aliphatic rings. The van der Waals surface area contributed by atoms with Gasteiger partial charge in [-0.3, -0.25) is 5.32 Å². The minimum Gasteiger partial charge on any atom is -0.467 e. The molecule has 4 nitrogen and oxygen atoms in total. The number of carbonyl (C=O) groups is 1. The van der Waals surface area contributed by atoms with Crippen LogP contribution in [0.15, 0.2) is 30.3 Å². The third-order valence-corrected chi connectivity index (χ3v) is 3.92. The van der Waals surface area contributed by atoms with Gasteiger partial charge in [0.15, 0.2) is 0 Å². The summed E-state index contributed by atoms with van der Waals surface area (Å²) in [5, 5.41) is 3.23. The van der Waals surface area contributed by atoms with Crippen LogP contribution in [0.1, 0.15) is 18.1 Å². The second kappa shape index (κ2) is 7.42. The van der Waals surface area contributed by atoms with Crippen molar-refractivity contribution in [2.45, 2.75) is 19.0 Å². The van der Waals surface area contributed by atoms with Crippen molar-refractivity contribution in [3.63, 3.8) is 0 Å². The number of nitrogens with one attached hydrogen (secondary N) is 1. The average Bonchev–Trinajstić information content (AvgIpc) is 2.53. The number of esters is 1. The van der Waals surface area contributed by atoms with Crippen LogP contribution >= 0.6 is 23.2 Å². The van der Waals surface area contributed by atoms with E-state index in [1.165, 1.54) is 14.0 Å². The molecule has 0 fully saturated rings. The van der Waals surface area contributed by atoms with Gasteiger partial charge < -0.3 is 4.74 Å². The summed E-state index contributed by atoms with van der Waals surface area (Å²) in [5.74, 6) is -2.17. The van der Waals surface area contributed by atoms with E-state index >= 15 is 0 Å². The van der Waals surface area contributed by atoms with Crippen LogP contribution in [0.4, 0.5) is 8.78 Å². The molecule has 1 heterocycles. The van der Waals surface area contributed by atoms with Gasteiger partial charge in [-0.15, -0.1) is 0 Å². The highest BCUT2D eigenvalue weighted by Crippen LogP contribution is 2.27. The smallest absolute Gasteiger partial charge is 0.330 e. The molecule has 0 aliphatic heterocycles. The number of hydrogen-bond acceptors (Lipinski definition) is 4. The van der Waals surface area contributed by atoms with Gasteiger partial charge in [0.05, 0.1) is 7.11 Å². The second-order valence-corrected chi connectivity index (χ2v) is 5.99. The van der Waals surface area contributed by atoms with E-state index in [4.69, 9.17) is 27.9 Å². The number of hydrogen-bond donors (Lipinski definition) is 1. The van der Waals surface area contributed by atoms with Crippen LogP contribution in [0.25, 0.3) is 0 Å². The number of rotatable bonds is 5. The Labute approximate surface area is 147 Å². The number of ether oxygens (including phenoxy) is 1. The number of aromatic nitrogens is 1. The predicted octanol–water partition coefficient (Wildman–Crippen LogP) is 3.84. The number of benzene rings is 1. The van der Waals surface area contributed by atoms with Gasteiger partial charge in [-0.05, 0) is 42.8 Å². The van der Waals surface area contributed by atoms with E-state index in [9.17, 15) is 13.6 Å². The number of pyridine rings is 1. The normalized spacial score (nSPS) is 13.4. The number of carbonyl (C=O) groups excluding carboxylic acids is 1. The highest BCUT2D eigenvalue weighted by atomic mass is 35.5. The lowest BCUT2D eigenvalue weighted by molar-refractivity contribution is -0.148. The van der Waals surface area contributed by atoms with E-state index < -0.39 is 23.1 Å². The molecule has 2 rings (SSSR count). The van der Waals surface area contributed by atoms with Crippen molar-refractivity contribution in [1.82, 2.24) is 10.3 Å². The van der Waals surface area contributed by atoms with Gasteiger partial charge >= 0.3 is 5.97 Å². The Morgan fingerprint density at radius 2 is 1.88 bits per heavy atom. The molecule has 0 saturated heterocycles. The van der Waals surface area contributed by atoms with Crippen molar-refractivity contribution in [3.8, 4) is 0 Å². The van der Waals surface area contributed by atoms with Gasteiger partial charge in [0, 0.05) is 12.1 Å². The maximum atomic E-state index is 14.1.